The molecule has 0 heterocycles. The molecule has 0 aliphatic heterocycles. The molecule has 0 fully saturated rings. The van der Waals surface area contributed by atoms with E-state index in [1.807, 2.05) is 11.6 Å². The van der Waals surface area contributed by atoms with E-state index in [2.05, 4.69) is 10.6 Å². The van der Waals surface area contributed by atoms with Crippen LogP contribution in [0.4, 0.5) is 16.2 Å². The van der Waals surface area contributed by atoms with Gasteiger partial charge in [0.05, 0.1) is 30.5 Å². The van der Waals surface area contributed by atoms with Crippen LogP contribution >= 0.6 is 0 Å². The highest BCUT2D eigenvalue weighted by atomic mass is 32.2. The number of carbonyl (C=O) groups is 2. The molecule has 10 heteroatoms. The molecule has 0 saturated carbocycles. The first kappa shape index (κ1) is 23.6. The normalized spacial score (nSPS) is 10.8. The third-order valence-corrected chi connectivity index (χ3v) is 5.96. The van der Waals surface area contributed by atoms with Crippen molar-refractivity contribution in [2.45, 2.75) is 11.8 Å². The molecule has 0 spiro atoms. The van der Waals surface area contributed by atoms with Crippen molar-refractivity contribution in [1.29, 1.82) is 0 Å². The average molecular weight is 470 g/mol. The molecule has 3 aromatic carbocycles. The van der Waals surface area contributed by atoms with Crippen LogP contribution in [0, 0.1) is 6.92 Å². The van der Waals surface area contributed by atoms with E-state index in [0.29, 0.717) is 11.3 Å². The molecular weight excluding hydrogens is 446 g/mol. The summed E-state index contributed by atoms with van der Waals surface area (Å²) in [5.74, 6) is 0.0532. The Morgan fingerprint density at radius 3 is 1.88 bits per heavy atom. The van der Waals surface area contributed by atoms with Crippen LogP contribution < -0.4 is 24.8 Å². The molecule has 0 saturated heterocycles. The van der Waals surface area contributed by atoms with Gasteiger partial charge >= 0.3 is 6.03 Å². The van der Waals surface area contributed by atoms with Gasteiger partial charge in [-0.1, -0.05) is 35.9 Å². The molecule has 0 bridgehead atoms. The lowest BCUT2D eigenvalue weighted by molar-refractivity contribution is 0.102. The Morgan fingerprint density at radius 2 is 1.33 bits per heavy atom. The Morgan fingerprint density at radius 1 is 0.788 bits per heavy atom. The Hall–Kier alpha value is -4.05. The van der Waals surface area contributed by atoms with Gasteiger partial charge in [0, 0.05) is 17.7 Å². The summed E-state index contributed by atoms with van der Waals surface area (Å²) in [6.45, 7) is 1.82. The molecule has 3 rings (SSSR count). The van der Waals surface area contributed by atoms with Crippen molar-refractivity contribution in [2.75, 3.05) is 24.9 Å². The van der Waals surface area contributed by atoms with Crippen LogP contribution in [0.3, 0.4) is 0 Å². The SMILES string of the molecule is COc1cc(NC(=O)c2ccccc2)c(OC)cc1NC(=O)NS(=O)(=O)c1ccc(C)cc1. The average Bonchev–Trinajstić information content (AvgIpc) is 2.80. The topological polar surface area (TPSA) is 123 Å². The highest BCUT2D eigenvalue weighted by Gasteiger charge is 2.20. The van der Waals surface area contributed by atoms with Crippen molar-refractivity contribution in [3.8, 4) is 11.5 Å². The molecule has 172 valence electrons. The summed E-state index contributed by atoms with van der Waals surface area (Å²) in [7, 11) is -1.31. The minimum Gasteiger partial charge on any atom is -0.494 e. The van der Waals surface area contributed by atoms with Crippen molar-refractivity contribution in [1.82, 2.24) is 4.72 Å². The lowest BCUT2D eigenvalue weighted by atomic mass is 10.2. The first-order chi connectivity index (χ1) is 15.7. The highest BCUT2D eigenvalue weighted by Crippen LogP contribution is 2.36. The number of rotatable bonds is 7. The third-order valence-electron chi connectivity index (χ3n) is 4.61. The van der Waals surface area contributed by atoms with Crippen molar-refractivity contribution in [2.24, 2.45) is 0 Å². The van der Waals surface area contributed by atoms with E-state index in [4.69, 9.17) is 9.47 Å². The number of sulfonamides is 1. The lowest BCUT2D eigenvalue weighted by Gasteiger charge is -2.16. The maximum Gasteiger partial charge on any atom is 0.333 e. The van der Waals surface area contributed by atoms with E-state index in [1.54, 1.807) is 42.5 Å². The van der Waals surface area contributed by atoms with Gasteiger partial charge < -0.3 is 20.1 Å². The summed E-state index contributed by atoms with van der Waals surface area (Å²) >= 11 is 0. The molecule has 0 radical (unpaired) electrons. The highest BCUT2D eigenvalue weighted by molar-refractivity contribution is 7.90. The second-order valence-corrected chi connectivity index (χ2v) is 8.63. The number of ether oxygens (including phenoxy) is 2. The predicted octanol–water partition coefficient (Wildman–Crippen LogP) is 3.77. The van der Waals surface area contributed by atoms with Gasteiger partial charge in [-0.25, -0.2) is 17.9 Å². The summed E-state index contributed by atoms with van der Waals surface area (Å²) in [4.78, 5) is 24.9. The summed E-state index contributed by atoms with van der Waals surface area (Å²) in [5, 5.41) is 5.17. The molecule has 0 aliphatic carbocycles. The Balaban J connectivity index is 1.80. The molecule has 3 N–H and O–H groups in total. The van der Waals surface area contributed by atoms with Crippen LogP contribution in [0.5, 0.6) is 11.5 Å². The van der Waals surface area contributed by atoms with Crippen molar-refractivity contribution < 1.29 is 27.5 Å². The number of carbonyl (C=O) groups excluding carboxylic acids is 2. The Bertz CT molecular complexity index is 1260. The number of amides is 3. The second-order valence-electron chi connectivity index (χ2n) is 6.95. The number of nitrogens with one attached hydrogen (secondary N) is 3. The molecular formula is C23H23N3O6S. The fraction of sp³-hybridized carbons (Fsp3) is 0.130. The van der Waals surface area contributed by atoms with Crippen molar-refractivity contribution >= 4 is 33.3 Å². The van der Waals surface area contributed by atoms with Gasteiger partial charge in [-0.15, -0.1) is 0 Å². The number of hydrogen-bond acceptors (Lipinski definition) is 6. The van der Waals surface area contributed by atoms with Gasteiger partial charge in [0.25, 0.3) is 15.9 Å². The van der Waals surface area contributed by atoms with E-state index < -0.39 is 16.1 Å². The number of anilines is 2. The maximum atomic E-state index is 12.5. The molecule has 0 aliphatic rings. The molecule has 0 aromatic heterocycles. The van der Waals surface area contributed by atoms with Gasteiger partial charge in [-0.05, 0) is 31.2 Å². The second kappa shape index (κ2) is 10.0. The van der Waals surface area contributed by atoms with Gasteiger partial charge in [0.15, 0.2) is 0 Å². The minimum absolute atomic E-state index is 0.0493. The van der Waals surface area contributed by atoms with Crippen LogP contribution in [0.2, 0.25) is 0 Å². The number of methoxy groups -OCH3 is 2. The van der Waals surface area contributed by atoms with Gasteiger partial charge in [0.2, 0.25) is 0 Å². The number of benzene rings is 3. The van der Waals surface area contributed by atoms with Crippen LogP contribution in [-0.4, -0.2) is 34.6 Å². The zero-order valence-corrected chi connectivity index (χ0v) is 19.0. The van der Waals surface area contributed by atoms with Crippen LogP contribution in [0.25, 0.3) is 0 Å². The van der Waals surface area contributed by atoms with E-state index in [9.17, 15) is 18.0 Å². The zero-order valence-electron chi connectivity index (χ0n) is 18.2. The summed E-state index contributed by atoms with van der Waals surface area (Å²) in [6, 6.07) is 16.5. The van der Waals surface area contributed by atoms with E-state index in [-0.39, 0.29) is 28.0 Å². The van der Waals surface area contributed by atoms with Gasteiger partial charge in [0.1, 0.15) is 11.5 Å². The lowest BCUT2D eigenvalue weighted by Crippen LogP contribution is -2.34. The Kier molecular flexibility index (Phi) is 7.19. The zero-order chi connectivity index (χ0) is 24.0. The van der Waals surface area contributed by atoms with Crippen LogP contribution in [0.15, 0.2) is 71.6 Å². The number of hydrogen-bond donors (Lipinski definition) is 3. The van der Waals surface area contributed by atoms with Crippen molar-refractivity contribution in [3.05, 3.63) is 77.9 Å². The smallest absolute Gasteiger partial charge is 0.333 e. The fourth-order valence-electron chi connectivity index (χ4n) is 2.92. The van der Waals surface area contributed by atoms with Crippen molar-refractivity contribution in [3.63, 3.8) is 0 Å². The molecule has 0 unspecified atom stereocenters. The Labute approximate surface area is 191 Å². The fourth-order valence-corrected chi connectivity index (χ4v) is 3.83. The van der Waals surface area contributed by atoms with E-state index >= 15 is 0 Å². The third kappa shape index (κ3) is 5.80. The van der Waals surface area contributed by atoms with E-state index in [1.165, 1.54) is 38.5 Å². The number of urea groups is 1. The van der Waals surface area contributed by atoms with Gasteiger partial charge in [-0.3, -0.25) is 4.79 Å². The first-order valence-corrected chi connectivity index (χ1v) is 11.2. The number of aryl methyl sites for hydroxylation is 1. The minimum atomic E-state index is -4.08. The quantitative estimate of drug-likeness (QED) is 0.484. The summed E-state index contributed by atoms with van der Waals surface area (Å²) in [5.41, 5.74) is 1.78. The molecule has 9 nitrogen and oxygen atoms in total. The van der Waals surface area contributed by atoms with E-state index in [0.717, 1.165) is 5.56 Å². The van der Waals surface area contributed by atoms with Crippen LogP contribution in [-0.2, 0) is 10.0 Å². The molecule has 3 aromatic rings. The standard InChI is InChI=1S/C23H23N3O6S/c1-15-9-11-17(12-10-15)33(29,30)26-23(28)25-19-14-20(31-2)18(13-21(19)32-3)24-22(27)16-7-5-4-6-8-16/h4-14H,1-3H3,(H,24,27)(H2,25,26,28). The molecule has 33 heavy (non-hydrogen) atoms. The largest absolute Gasteiger partial charge is 0.494 e. The summed E-state index contributed by atoms with van der Waals surface area (Å²) in [6.07, 6.45) is 0. The van der Waals surface area contributed by atoms with Crippen LogP contribution in [0.1, 0.15) is 15.9 Å². The molecule has 3 amide bonds. The first-order valence-electron chi connectivity index (χ1n) is 9.76. The summed E-state index contributed by atoms with van der Waals surface area (Å²) < 4.78 is 37.5. The monoisotopic (exact) mass is 469 g/mol. The predicted molar refractivity (Wildman–Crippen MR) is 124 cm³/mol. The maximum absolute atomic E-state index is 12.5. The van der Waals surface area contributed by atoms with Gasteiger partial charge in [-0.2, -0.15) is 0 Å². The molecule has 0 atom stereocenters.